The van der Waals surface area contributed by atoms with Crippen molar-refractivity contribution in [1.82, 2.24) is 10.6 Å². The quantitative estimate of drug-likeness (QED) is 0.0812. The molecule has 2 aliphatic rings. The Balaban J connectivity index is 1.27. The summed E-state index contributed by atoms with van der Waals surface area (Å²) in [6.45, 7) is -0.771. The van der Waals surface area contributed by atoms with Crippen LogP contribution < -0.4 is 10.6 Å². The predicted molar refractivity (Wildman–Crippen MR) is 204 cm³/mol. The molecule has 0 saturated carbocycles. The number of benzene rings is 5. The molecule has 54 heavy (non-hydrogen) atoms. The molecule has 7 rings (SSSR count). The number of hydrogen-bond acceptors (Lipinski definition) is 6. The fraction of sp³-hybridized carbons (Fsp3) is 0.178. The van der Waals surface area contributed by atoms with Gasteiger partial charge in [-0.2, -0.15) is 0 Å². The topological polar surface area (TPSA) is 145 Å². The summed E-state index contributed by atoms with van der Waals surface area (Å²) in [6.07, 6.45) is 3.15. The van der Waals surface area contributed by atoms with E-state index in [1.165, 1.54) is 6.08 Å². The summed E-state index contributed by atoms with van der Waals surface area (Å²) >= 11 is 0. The highest BCUT2D eigenvalue weighted by atomic mass is 16.5. The van der Waals surface area contributed by atoms with Gasteiger partial charge in [-0.25, -0.2) is 4.79 Å². The van der Waals surface area contributed by atoms with Crippen LogP contribution in [0.2, 0.25) is 0 Å². The maximum atomic E-state index is 13.8. The Morgan fingerprint density at radius 1 is 0.704 bits per heavy atom. The van der Waals surface area contributed by atoms with Crippen LogP contribution >= 0.6 is 0 Å². The van der Waals surface area contributed by atoms with Gasteiger partial charge in [0.2, 0.25) is 0 Å². The molecule has 9 heteroatoms. The molecule has 0 fully saturated rings. The van der Waals surface area contributed by atoms with Crippen molar-refractivity contribution >= 4 is 18.0 Å². The van der Waals surface area contributed by atoms with Gasteiger partial charge in [-0.15, -0.1) is 0 Å². The molecule has 5 N–H and O–H groups in total. The SMILES string of the molecule is O=C(O)C[C@@H](C(=O)O)C1(CO)C=CC(NC(c2ccccc2)(c2ccccc2)c2ccccc2)=CC1NC(=O)OCC1c2ccccc2-c2ccccc21. The molecule has 0 radical (unpaired) electrons. The first-order chi connectivity index (χ1) is 26.3. The number of carboxylic acids is 2. The fourth-order valence-corrected chi connectivity index (χ4v) is 8.04. The zero-order valence-electron chi connectivity index (χ0n) is 29.3. The van der Waals surface area contributed by atoms with Crippen LogP contribution in [0.4, 0.5) is 4.79 Å². The van der Waals surface area contributed by atoms with Crippen molar-refractivity contribution in [3.05, 3.63) is 191 Å². The number of fused-ring (bicyclic) bond motifs is 3. The highest BCUT2D eigenvalue weighted by molar-refractivity contribution is 5.80. The lowest BCUT2D eigenvalue weighted by molar-refractivity contribution is -0.153. The molecule has 0 bridgehead atoms. The molecule has 0 aromatic heterocycles. The number of nitrogens with one attached hydrogen (secondary N) is 2. The molecule has 0 spiro atoms. The third-order valence-corrected chi connectivity index (χ3v) is 10.7. The van der Waals surface area contributed by atoms with Gasteiger partial charge in [0.1, 0.15) is 12.1 Å². The number of amides is 1. The van der Waals surface area contributed by atoms with Crippen LogP contribution in [0, 0.1) is 11.3 Å². The third-order valence-electron chi connectivity index (χ3n) is 10.7. The second-order valence-corrected chi connectivity index (χ2v) is 13.6. The molecular weight excluding hydrogens is 681 g/mol. The van der Waals surface area contributed by atoms with Gasteiger partial charge in [-0.1, -0.05) is 146 Å². The van der Waals surface area contributed by atoms with Gasteiger partial charge in [0, 0.05) is 17.0 Å². The third kappa shape index (κ3) is 6.66. The lowest BCUT2D eigenvalue weighted by Crippen LogP contribution is -2.56. The largest absolute Gasteiger partial charge is 0.481 e. The van der Waals surface area contributed by atoms with Gasteiger partial charge in [0.15, 0.2) is 0 Å². The molecule has 2 unspecified atom stereocenters. The number of allylic oxidation sites excluding steroid dienone is 1. The van der Waals surface area contributed by atoms with E-state index in [-0.39, 0.29) is 12.5 Å². The van der Waals surface area contributed by atoms with E-state index in [1.54, 1.807) is 12.2 Å². The van der Waals surface area contributed by atoms with Crippen molar-refractivity contribution in [2.45, 2.75) is 23.9 Å². The molecule has 3 atom stereocenters. The highest BCUT2D eigenvalue weighted by Gasteiger charge is 2.50. The van der Waals surface area contributed by atoms with Crippen LogP contribution in [-0.2, 0) is 19.9 Å². The minimum absolute atomic E-state index is 0.0000165. The molecule has 0 heterocycles. The first kappa shape index (κ1) is 35.9. The summed E-state index contributed by atoms with van der Waals surface area (Å²) in [6, 6.07) is 44.3. The number of aliphatic carboxylic acids is 2. The van der Waals surface area contributed by atoms with Crippen LogP contribution in [0.5, 0.6) is 0 Å². The molecule has 0 aliphatic heterocycles. The Labute approximate surface area is 313 Å². The van der Waals surface area contributed by atoms with Gasteiger partial charge in [-0.05, 0) is 51.1 Å². The van der Waals surface area contributed by atoms with Gasteiger partial charge < -0.3 is 30.7 Å². The van der Waals surface area contributed by atoms with E-state index in [0.717, 1.165) is 38.9 Å². The summed E-state index contributed by atoms with van der Waals surface area (Å²) in [5.41, 5.74) is 4.69. The van der Waals surface area contributed by atoms with Gasteiger partial charge >= 0.3 is 18.0 Å². The zero-order valence-corrected chi connectivity index (χ0v) is 29.3. The van der Waals surface area contributed by atoms with Gasteiger partial charge in [0.25, 0.3) is 0 Å². The maximum Gasteiger partial charge on any atom is 0.407 e. The summed E-state index contributed by atoms with van der Waals surface area (Å²) in [7, 11) is 0. The summed E-state index contributed by atoms with van der Waals surface area (Å²) in [5, 5.41) is 37.7. The Kier molecular flexibility index (Phi) is 10.2. The lowest BCUT2D eigenvalue weighted by atomic mass is 9.66. The van der Waals surface area contributed by atoms with Crippen LogP contribution in [-0.4, -0.2) is 52.6 Å². The monoisotopic (exact) mass is 720 g/mol. The van der Waals surface area contributed by atoms with Gasteiger partial charge in [-0.3, -0.25) is 9.59 Å². The minimum atomic E-state index is -1.74. The summed E-state index contributed by atoms with van der Waals surface area (Å²) < 4.78 is 5.88. The first-order valence-corrected chi connectivity index (χ1v) is 17.8. The standard InChI is InChI=1S/C45H40N2O7/c48-29-44(39(42(51)52)27-41(49)50)25-24-33(47-45(30-14-4-1-5-15-30,31-16-6-2-7-17-31)32-18-8-3-9-19-32)26-40(44)46-43(53)54-28-38-36-22-12-10-20-34(36)35-21-11-13-23-37(35)38/h1-26,38-40,47-48H,27-29H2,(H,46,53)(H,49,50)(H,51,52)/t39-,40?,44?/m0/s1. The number of alkyl carbamates (subject to hydrolysis) is 1. The number of aliphatic hydroxyl groups is 1. The van der Waals surface area contributed by atoms with Crippen molar-refractivity contribution in [2.24, 2.45) is 11.3 Å². The van der Waals surface area contributed by atoms with Crippen molar-refractivity contribution in [3.8, 4) is 11.1 Å². The lowest BCUT2D eigenvalue weighted by Gasteiger charge is -2.44. The summed E-state index contributed by atoms with van der Waals surface area (Å²) in [5.74, 6) is -4.61. The molecule has 1 amide bonds. The molecule has 5 aromatic carbocycles. The molecule has 9 nitrogen and oxygen atoms in total. The number of aliphatic hydroxyl groups excluding tert-OH is 1. The van der Waals surface area contributed by atoms with Crippen LogP contribution in [0.25, 0.3) is 11.1 Å². The van der Waals surface area contributed by atoms with Crippen LogP contribution in [0.3, 0.4) is 0 Å². The molecule has 2 aliphatic carbocycles. The van der Waals surface area contributed by atoms with E-state index in [0.29, 0.717) is 5.70 Å². The zero-order chi connectivity index (χ0) is 37.7. The molecular formula is C45H40N2O7. The van der Waals surface area contributed by atoms with Crippen LogP contribution in [0.1, 0.15) is 40.2 Å². The number of ether oxygens (including phenoxy) is 1. The van der Waals surface area contributed by atoms with Crippen molar-refractivity contribution in [2.75, 3.05) is 13.2 Å². The Morgan fingerprint density at radius 3 is 1.65 bits per heavy atom. The van der Waals surface area contributed by atoms with Crippen molar-refractivity contribution < 1.29 is 34.4 Å². The highest BCUT2D eigenvalue weighted by Crippen LogP contribution is 2.45. The van der Waals surface area contributed by atoms with Crippen molar-refractivity contribution in [3.63, 3.8) is 0 Å². The van der Waals surface area contributed by atoms with Crippen molar-refractivity contribution in [1.29, 1.82) is 0 Å². The summed E-state index contributed by atoms with van der Waals surface area (Å²) in [4.78, 5) is 38.6. The molecule has 5 aromatic rings. The Hall–Kier alpha value is -6.45. The second kappa shape index (κ2) is 15.3. The van der Waals surface area contributed by atoms with E-state index in [2.05, 4.69) is 10.6 Å². The number of carbonyl (C=O) groups excluding carboxylic acids is 1. The van der Waals surface area contributed by atoms with E-state index in [9.17, 15) is 29.7 Å². The average molecular weight is 721 g/mol. The van der Waals surface area contributed by atoms with E-state index >= 15 is 0 Å². The van der Waals surface area contributed by atoms with E-state index in [1.807, 2.05) is 140 Å². The molecule has 0 saturated heterocycles. The Bertz CT molecular complexity index is 2060. The first-order valence-electron chi connectivity index (χ1n) is 17.8. The maximum absolute atomic E-state index is 13.8. The number of carboxylic acid groups (broad SMARTS) is 2. The van der Waals surface area contributed by atoms with Gasteiger partial charge in [0.05, 0.1) is 25.0 Å². The predicted octanol–water partition coefficient (Wildman–Crippen LogP) is 7.08. The minimum Gasteiger partial charge on any atom is -0.481 e. The van der Waals surface area contributed by atoms with E-state index in [4.69, 9.17) is 4.74 Å². The Morgan fingerprint density at radius 2 is 1.19 bits per heavy atom. The van der Waals surface area contributed by atoms with E-state index < -0.39 is 54.0 Å². The smallest absolute Gasteiger partial charge is 0.407 e. The fourth-order valence-electron chi connectivity index (χ4n) is 8.04. The van der Waals surface area contributed by atoms with Crippen LogP contribution in [0.15, 0.2) is 163 Å². The molecule has 272 valence electrons. The normalized spacial score (nSPS) is 18.1. The number of carbonyl (C=O) groups is 3. The average Bonchev–Trinajstić information content (AvgIpc) is 3.53. The number of hydrogen-bond donors (Lipinski definition) is 5. The second-order valence-electron chi connectivity index (χ2n) is 13.6. The number of rotatable bonds is 13.